The molecule has 0 fully saturated rings. The van der Waals surface area contributed by atoms with Crippen molar-refractivity contribution in [3.05, 3.63) is 90.8 Å². The molecule has 9 nitrogen and oxygen atoms in total. The van der Waals surface area contributed by atoms with Gasteiger partial charge in [0.05, 0.1) is 17.7 Å². The van der Waals surface area contributed by atoms with E-state index < -0.39 is 21.7 Å². The van der Waals surface area contributed by atoms with E-state index in [1.165, 1.54) is 67.9 Å². The van der Waals surface area contributed by atoms with Gasteiger partial charge in [0.1, 0.15) is 24.1 Å². The van der Waals surface area contributed by atoms with Crippen LogP contribution in [0.5, 0.6) is 5.75 Å². The molecule has 0 saturated heterocycles. The number of methoxy groups -OCH3 is 1. The summed E-state index contributed by atoms with van der Waals surface area (Å²) in [6.07, 6.45) is 2.63. The molecule has 174 valence electrons. The van der Waals surface area contributed by atoms with E-state index in [2.05, 4.69) is 15.4 Å². The second-order valence-electron chi connectivity index (χ2n) is 7.16. The minimum atomic E-state index is -3.94. The van der Waals surface area contributed by atoms with Gasteiger partial charge in [-0.2, -0.15) is 5.10 Å². The van der Waals surface area contributed by atoms with Crippen molar-refractivity contribution in [3.8, 4) is 11.4 Å². The Morgan fingerprint density at radius 3 is 2.50 bits per heavy atom. The highest BCUT2D eigenvalue weighted by atomic mass is 32.2. The maximum Gasteiger partial charge on any atom is 0.264 e. The summed E-state index contributed by atoms with van der Waals surface area (Å²) in [5, 5.41) is 6.45. The van der Waals surface area contributed by atoms with Crippen LogP contribution in [0.4, 0.5) is 15.8 Å². The minimum Gasteiger partial charge on any atom is -0.497 e. The second kappa shape index (κ2) is 9.32. The molecular weight excluding hydrogens is 461 g/mol. The Labute approximate surface area is 195 Å². The zero-order valence-electron chi connectivity index (χ0n) is 18.2. The third-order valence-electron chi connectivity index (χ3n) is 5.06. The first kappa shape index (κ1) is 22.9. The number of ether oxygens (including phenoxy) is 1. The molecule has 0 bridgehead atoms. The fourth-order valence-corrected chi connectivity index (χ4v) is 4.44. The Hall–Kier alpha value is -4.25. The molecule has 34 heavy (non-hydrogen) atoms. The van der Waals surface area contributed by atoms with Crippen LogP contribution in [0.3, 0.4) is 0 Å². The van der Waals surface area contributed by atoms with Gasteiger partial charge in [0.2, 0.25) is 0 Å². The number of nitrogens with one attached hydrogen (secondary N) is 1. The number of anilines is 2. The molecule has 0 atom stereocenters. The molecule has 11 heteroatoms. The van der Waals surface area contributed by atoms with Crippen molar-refractivity contribution in [2.75, 3.05) is 23.8 Å². The molecule has 1 amide bonds. The number of amides is 1. The molecule has 0 radical (unpaired) electrons. The average molecular weight is 482 g/mol. The molecule has 0 unspecified atom stereocenters. The van der Waals surface area contributed by atoms with Crippen molar-refractivity contribution in [2.45, 2.75) is 4.90 Å². The average Bonchev–Trinajstić information content (AvgIpc) is 3.38. The van der Waals surface area contributed by atoms with Gasteiger partial charge in [0.15, 0.2) is 5.82 Å². The number of halogens is 1. The summed E-state index contributed by atoms with van der Waals surface area (Å²) in [6, 6.07) is 16.3. The monoisotopic (exact) mass is 481 g/mol. The third kappa shape index (κ3) is 4.59. The first-order valence-electron chi connectivity index (χ1n) is 9.98. The Morgan fingerprint density at radius 2 is 1.85 bits per heavy atom. The SMILES string of the molecule is COc1ccc(N(C)S(=O)(=O)c2cccc(C(=O)Nc3ccc(-n4cncn4)c(F)c3)c2)cc1. The van der Waals surface area contributed by atoms with Gasteiger partial charge in [0, 0.05) is 18.3 Å². The lowest BCUT2D eigenvalue weighted by Crippen LogP contribution is -2.26. The van der Waals surface area contributed by atoms with Crippen LogP contribution in [-0.2, 0) is 10.0 Å². The molecule has 0 aliphatic rings. The van der Waals surface area contributed by atoms with E-state index >= 15 is 0 Å². The number of hydrogen-bond acceptors (Lipinski definition) is 6. The van der Waals surface area contributed by atoms with Crippen molar-refractivity contribution in [1.82, 2.24) is 14.8 Å². The van der Waals surface area contributed by atoms with Gasteiger partial charge in [0.25, 0.3) is 15.9 Å². The lowest BCUT2D eigenvalue weighted by Gasteiger charge is -2.20. The van der Waals surface area contributed by atoms with Crippen LogP contribution in [-0.4, -0.2) is 43.2 Å². The predicted octanol–water partition coefficient (Wildman–Crippen LogP) is 3.49. The fraction of sp³-hybridized carbons (Fsp3) is 0.0870. The number of benzene rings is 3. The first-order valence-corrected chi connectivity index (χ1v) is 11.4. The van der Waals surface area contributed by atoms with E-state index in [1.54, 1.807) is 24.3 Å². The second-order valence-corrected chi connectivity index (χ2v) is 9.13. The highest BCUT2D eigenvalue weighted by molar-refractivity contribution is 7.92. The Balaban J connectivity index is 1.54. The topological polar surface area (TPSA) is 106 Å². The molecule has 1 N–H and O–H groups in total. The summed E-state index contributed by atoms with van der Waals surface area (Å²) >= 11 is 0. The summed E-state index contributed by atoms with van der Waals surface area (Å²) in [6.45, 7) is 0. The molecule has 0 saturated carbocycles. The molecule has 0 aliphatic carbocycles. The van der Waals surface area contributed by atoms with Crippen LogP contribution < -0.4 is 14.4 Å². The highest BCUT2D eigenvalue weighted by Gasteiger charge is 2.22. The fourth-order valence-electron chi connectivity index (χ4n) is 3.19. The van der Waals surface area contributed by atoms with Gasteiger partial charge in [-0.05, 0) is 60.7 Å². The number of sulfonamides is 1. The van der Waals surface area contributed by atoms with Gasteiger partial charge < -0.3 is 10.1 Å². The molecule has 0 aliphatic heterocycles. The van der Waals surface area contributed by atoms with Crippen molar-refractivity contribution in [1.29, 1.82) is 0 Å². The number of aromatic nitrogens is 3. The van der Waals surface area contributed by atoms with Crippen molar-refractivity contribution >= 4 is 27.3 Å². The number of rotatable bonds is 7. The van der Waals surface area contributed by atoms with Crippen molar-refractivity contribution < 1.29 is 22.3 Å². The number of carbonyl (C=O) groups excluding carboxylic acids is 1. The summed E-state index contributed by atoms with van der Waals surface area (Å²) in [5.41, 5.74) is 0.906. The summed E-state index contributed by atoms with van der Waals surface area (Å²) in [5.74, 6) is -0.600. The summed E-state index contributed by atoms with van der Waals surface area (Å²) in [7, 11) is -1.00. The van der Waals surface area contributed by atoms with Gasteiger partial charge in [-0.1, -0.05) is 6.07 Å². The van der Waals surface area contributed by atoms with E-state index in [-0.39, 0.29) is 21.8 Å². The predicted molar refractivity (Wildman–Crippen MR) is 124 cm³/mol. The molecule has 1 aromatic heterocycles. The number of carbonyl (C=O) groups is 1. The van der Waals surface area contributed by atoms with Crippen molar-refractivity contribution in [3.63, 3.8) is 0 Å². The minimum absolute atomic E-state index is 0.0637. The molecule has 4 rings (SSSR count). The zero-order chi connectivity index (χ0) is 24.3. The first-order chi connectivity index (χ1) is 16.3. The lowest BCUT2D eigenvalue weighted by molar-refractivity contribution is 0.102. The Bertz CT molecular complexity index is 1420. The van der Waals surface area contributed by atoms with E-state index in [0.717, 1.165) is 10.4 Å². The van der Waals surface area contributed by atoms with Crippen LogP contribution in [0.1, 0.15) is 10.4 Å². The molecular formula is C23H20FN5O4S. The van der Waals surface area contributed by atoms with E-state index in [0.29, 0.717) is 11.4 Å². The van der Waals surface area contributed by atoms with Gasteiger partial charge in [-0.25, -0.2) is 22.5 Å². The molecule has 3 aromatic carbocycles. The number of nitrogens with zero attached hydrogens (tertiary/aromatic N) is 4. The third-order valence-corrected chi connectivity index (χ3v) is 6.84. The van der Waals surface area contributed by atoms with Gasteiger partial charge in [-0.15, -0.1) is 0 Å². The van der Waals surface area contributed by atoms with E-state index in [4.69, 9.17) is 4.74 Å². The van der Waals surface area contributed by atoms with Crippen LogP contribution in [0.15, 0.2) is 84.3 Å². The Kier molecular flexibility index (Phi) is 6.28. The van der Waals surface area contributed by atoms with Crippen LogP contribution in [0, 0.1) is 5.82 Å². The zero-order valence-corrected chi connectivity index (χ0v) is 19.0. The highest BCUT2D eigenvalue weighted by Crippen LogP contribution is 2.25. The Morgan fingerprint density at radius 1 is 1.09 bits per heavy atom. The largest absolute Gasteiger partial charge is 0.497 e. The molecule has 4 aromatic rings. The molecule has 1 heterocycles. The van der Waals surface area contributed by atoms with E-state index in [1.807, 2.05) is 0 Å². The lowest BCUT2D eigenvalue weighted by atomic mass is 10.2. The van der Waals surface area contributed by atoms with Crippen LogP contribution in [0.2, 0.25) is 0 Å². The quantitative estimate of drug-likeness (QED) is 0.433. The van der Waals surface area contributed by atoms with E-state index in [9.17, 15) is 17.6 Å². The maximum atomic E-state index is 14.5. The normalized spacial score (nSPS) is 11.1. The molecule has 0 spiro atoms. The van der Waals surface area contributed by atoms with Crippen LogP contribution >= 0.6 is 0 Å². The van der Waals surface area contributed by atoms with Gasteiger partial charge >= 0.3 is 0 Å². The maximum absolute atomic E-state index is 14.5. The summed E-state index contributed by atoms with van der Waals surface area (Å²) < 4.78 is 48.2. The summed E-state index contributed by atoms with van der Waals surface area (Å²) in [4.78, 5) is 16.5. The number of hydrogen-bond donors (Lipinski definition) is 1. The van der Waals surface area contributed by atoms with Gasteiger partial charge in [-0.3, -0.25) is 9.10 Å². The van der Waals surface area contributed by atoms with Crippen molar-refractivity contribution in [2.24, 2.45) is 0 Å². The smallest absolute Gasteiger partial charge is 0.264 e. The standard InChI is InChI=1S/C23H20FN5O4S/c1-28(18-7-9-19(33-2)10-8-18)34(31,32)20-5-3-4-16(12-20)23(30)27-17-6-11-22(21(24)13-17)29-15-25-14-26-29/h3-15H,1-2H3,(H,27,30). The van der Waals surface area contributed by atoms with Crippen LogP contribution in [0.25, 0.3) is 5.69 Å².